The van der Waals surface area contributed by atoms with Crippen molar-refractivity contribution in [2.75, 3.05) is 5.32 Å². The molecule has 1 heterocycles. The van der Waals surface area contributed by atoms with Crippen molar-refractivity contribution in [3.05, 3.63) is 53.0 Å². The van der Waals surface area contributed by atoms with Crippen LogP contribution < -0.4 is 5.32 Å². The third-order valence-electron chi connectivity index (χ3n) is 2.35. The number of rotatable bonds is 2. The summed E-state index contributed by atoms with van der Waals surface area (Å²) in [4.78, 5) is 3.61. The van der Waals surface area contributed by atoms with Gasteiger partial charge in [-0.2, -0.15) is 5.26 Å². The zero-order chi connectivity index (χ0) is 14.9. The molecule has 0 unspecified atom stereocenters. The lowest BCUT2D eigenvalue weighted by Gasteiger charge is -2.10. The van der Waals surface area contributed by atoms with E-state index in [2.05, 4.69) is 4.98 Å². The van der Waals surface area contributed by atoms with Crippen LogP contribution in [0.3, 0.4) is 0 Å². The maximum atomic E-state index is 13.4. The van der Waals surface area contributed by atoms with Crippen LogP contribution in [0.1, 0.15) is 5.56 Å². The maximum Gasteiger partial charge on any atom is 0.200 e. The fraction of sp³-hybridized carbons (Fsp3) is 0. The third kappa shape index (κ3) is 2.25. The highest BCUT2D eigenvalue weighted by molar-refractivity contribution is 5.59. The number of pyridine rings is 1. The molecular weight excluding hydrogens is 281 g/mol. The van der Waals surface area contributed by atoms with E-state index in [-0.39, 0.29) is 11.4 Å². The molecule has 8 heteroatoms. The molecule has 2 rings (SSSR count). The molecule has 20 heavy (non-hydrogen) atoms. The SMILES string of the molecule is N#Cc1ccnc(Nc2c(F)c(F)c(F)c(F)c2F)c1. The lowest BCUT2D eigenvalue weighted by atomic mass is 10.2. The number of aromatic nitrogens is 1. The van der Waals surface area contributed by atoms with E-state index in [0.717, 1.165) is 12.3 Å². The molecule has 102 valence electrons. The maximum absolute atomic E-state index is 13.4. The van der Waals surface area contributed by atoms with Gasteiger partial charge in [0.1, 0.15) is 11.5 Å². The first-order valence-electron chi connectivity index (χ1n) is 5.10. The van der Waals surface area contributed by atoms with Gasteiger partial charge >= 0.3 is 0 Å². The molecule has 1 N–H and O–H groups in total. The molecule has 0 aliphatic heterocycles. The van der Waals surface area contributed by atoms with Gasteiger partial charge in [0, 0.05) is 6.20 Å². The van der Waals surface area contributed by atoms with Gasteiger partial charge in [0.2, 0.25) is 5.82 Å². The first kappa shape index (κ1) is 13.7. The molecule has 0 bridgehead atoms. The number of nitrogens with one attached hydrogen (secondary N) is 1. The normalized spacial score (nSPS) is 10.2. The Morgan fingerprint density at radius 3 is 2.05 bits per heavy atom. The standard InChI is InChI=1S/C12H4F5N3/c13-7-8(14)10(16)12(11(17)9(7)15)20-6-3-5(4-18)1-2-19-6/h1-3H,(H,19,20). The molecular formula is C12H4F5N3. The molecule has 0 aliphatic rings. The molecule has 0 atom stereocenters. The largest absolute Gasteiger partial charge is 0.335 e. The van der Waals surface area contributed by atoms with E-state index in [1.807, 2.05) is 5.32 Å². The molecule has 1 aromatic carbocycles. The van der Waals surface area contributed by atoms with Crippen LogP contribution in [0.15, 0.2) is 18.3 Å². The summed E-state index contributed by atoms with van der Waals surface area (Å²) in [6.45, 7) is 0. The van der Waals surface area contributed by atoms with E-state index in [1.54, 1.807) is 6.07 Å². The summed E-state index contributed by atoms with van der Waals surface area (Å²) in [5, 5.41) is 10.6. The average molecular weight is 285 g/mol. The highest BCUT2D eigenvalue weighted by atomic mass is 19.2. The van der Waals surface area contributed by atoms with Gasteiger partial charge in [0.05, 0.1) is 11.6 Å². The fourth-order valence-electron chi connectivity index (χ4n) is 1.41. The van der Waals surface area contributed by atoms with E-state index in [1.165, 1.54) is 6.07 Å². The second-order valence-corrected chi connectivity index (χ2v) is 3.61. The topological polar surface area (TPSA) is 48.7 Å². The molecule has 1 aromatic heterocycles. The summed E-state index contributed by atoms with van der Waals surface area (Å²) >= 11 is 0. The highest BCUT2D eigenvalue weighted by Gasteiger charge is 2.26. The molecule has 0 saturated carbocycles. The van der Waals surface area contributed by atoms with Crippen LogP contribution in [-0.2, 0) is 0 Å². The van der Waals surface area contributed by atoms with E-state index in [0.29, 0.717) is 0 Å². The number of nitrogens with zero attached hydrogens (tertiary/aromatic N) is 2. The van der Waals surface area contributed by atoms with Crippen LogP contribution in [0.4, 0.5) is 33.5 Å². The Bertz CT molecular complexity index is 695. The average Bonchev–Trinajstić information content (AvgIpc) is 2.48. The number of hydrogen-bond donors (Lipinski definition) is 1. The first-order valence-corrected chi connectivity index (χ1v) is 5.10. The Hall–Kier alpha value is -2.69. The van der Waals surface area contributed by atoms with Crippen molar-refractivity contribution in [2.45, 2.75) is 0 Å². The number of nitriles is 1. The molecule has 0 spiro atoms. The van der Waals surface area contributed by atoms with Crippen molar-refractivity contribution in [3.8, 4) is 6.07 Å². The van der Waals surface area contributed by atoms with Crippen molar-refractivity contribution in [2.24, 2.45) is 0 Å². The minimum absolute atomic E-state index is 0.103. The first-order chi connectivity index (χ1) is 9.45. The van der Waals surface area contributed by atoms with Crippen LogP contribution in [0.2, 0.25) is 0 Å². The van der Waals surface area contributed by atoms with Crippen LogP contribution in [0.5, 0.6) is 0 Å². The van der Waals surface area contributed by atoms with E-state index in [4.69, 9.17) is 5.26 Å². The Kier molecular flexibility index (Phi) is 3.52. The molecule has 3 nitrogen and oxygen atoms in total. The molecule has 0 aliphatic carbocycles. The van der Waals surface area contributed by atoms with Crippen molar-refractivity contribution in [3.63, 3.8) is 0 Å². The second-order valence-electron chi connectivity index (χ2n) is 3.61. The number of anilines is 2. The van der Waals surface area contributed by atoms with Gasteiger partial charge in [-0.25, -0.2) is 26.9 Å². The zero-order valence-electron chi connectivity index (χ0n) is 9.52. The predicted molar refractivity (Wildman–Crippen MR) is 58.5 cm³/mol. The smallest absolute Gasteiger partial charge is 0.200 e. The summed E-state index contributed by atoms with van der Waals surface area (Å²) in [6.07, 6.45) is 1.15. The van der Waals surface area contributed by atoms with Crippen molar-refractivity contribution in [1.29, 1.82) is 5.26 Å². The number of halogens is 5. The summed E-state index contributed by atoms with van der Waals surface area (Å²) in [6, 6.07) is 4.14. The monoisotopic (exact) mass is 285 g/mol. The second kappa shape index (κ2) is 5.13. The Morgan fingerprint density at radius 2 is 1.50 bits per heavy atom. The molecule has 0 amide bonds. The minimum Gasteiger partial charge on any atom is -0.335 e. The van der Waals surface area contributed by atoms with Gasteiger partial charge in [-0.1, -0.05) is 0 Å². The fourth-order valence-corrected chi connectivity index (χ4v) is 1.41. The highest BCUT2D eigenvalue weighted by Crippen LogP contribution is 2.29. The van der Waals surface area contributed by atoms with Gasteiger partial charge in [-0.05, 0) is 12.1 Å². The van der Waals surface area contributed by atoms with Crippen LogP contribution in [-0.4, -0.2) is 4.98 Å². The van der Waals surface area contributed by atoms with Gasteiger partial charge in [0.25, 0.3) is 0 Å². The van der Waals surface area contributed by atoms with Gasteiger partial charge in [-0.3, -0.25) is 0 Å². The van der Waals surface area contributed by atoms with E-state index in [9.17, 15) is 22.0 Å². The van der Waals surface area contributed by atoms with Crippen molar-refractivity contribution < 1.29 is 22.0 Å². The Balaban J connectivity index is 2.52. The number of benzene rings is 1. The summed E-state index contributed by atoms with van der Waals surface area (Å²) in [5.74, 6) is -10.6. The van der Waals surface area contributed by atoms with Gasteiger partial charge < -0.3 is 5.32 Å². The molecule has 0 saturated heterocycles. The summed E-state index contributed by atoms with van der Waals surface area (Å²) in [7, 11) is 0. The zero-order valence-corrected chi connectivity index (χ0v) is 9.52. The summed E-state index contributed by atoms with van der Waals surface area (Å²) < 4.78 is 65.6. The number of hydrogen-bond acceptors (Lipinski definition) is 3. The van der Waals surface area contributed by atoms with Crippen LogP contribution >= 0.6 is 0 Å². The van der Waals surface area contributed by atoms with E-state index >= 15 is 0 Å². The lowest BCUT2D eigenvalue weighted by molar-refractivity contribution is 0.382. The van der Waals surface area contributed by atoms with Gasteiger partial charge in [0.15, 0.2) is 23.3 Å². The third-order valence-corrected chi connectivity index (χ3v) is 2.35. The van der Waals surface area contributed by atoms with Crippen LogP contribution in [0.25, 0.3) is 0 Å². The van der Waals surface area contributed by atoms with Crippen molar-refractivity contribution in [1.82, 2.24) is 4.98 Å². The molecule has 0 radical (unpaired) electrons. The van der Waals surface area contributed by atoms with Crippen molar-refractivity contribution >= 4 is 11.5 Å². The molecule has 0 fully saturated rings. The van der Waals surface area contributed by atoms with E-state index < -0.39 is 34.8 Å². The predicted octanol–water partition coefficient (Wildman–Crippen LogP) is 3.39. The summed E-state index contributed by atoms with van der Waals surface area (Å²) in [5.41, 5.74) is -1.13. The Morgan fingerprint density at radius 1 is 0.950 bits per heavy atom. The molecule has 2 aromatic rings. The lowest BCUT2D eigenvalue weighted by Crippen LogP contribution is -2.07. The minimum atomic E-state index is -2.25. The van der Waals surface area contributed by atoms with Crippen LogP contribution in [0, 0.1) is 40.4 Å². The Labute approximate surface area is 109 Å². The van der Waals surface area contributed by atoms with Gasteiger partial charge in [-0.15, -0.1) is 0 Å². The quantitative estimate of drug-likeness (QED) is 0.522.